The van der Waals surface area contributed by atoms with Crippen molar-refractivity contribution in [1.82, 2.24) is 14.7 Å². The normalized spacial score (nSPS) is 13.2. The molecule has 0 radical (unpaired) electrons. The number of benzene rings is 1. The van der Waals surface area contributed by atoms with E-state index in [2.05, 4.69) is 10.4 Å². The molecular formula is C17H20N4O3. The highest BCUT2D eigenvalue weighted by atomic mass is 16.5. The number of likely N-dealkylation sites (N-methyl/N-ethyl adjacent to an activating group) is 1. The van der Waals surface area contributed by atoms with Crippen LogP contribution < -0.4 is 10.1 Å². The Morgan fingerprint density at radius 3 is 3.00 bits per heavy atom. The van der Waals surface area contributed by atoms with Crippen molar-refractivity contribution < 1.29 is 14.3 Å². The number of aryl methyl sites for hydroxylation is 2. The number of rotatable bonds is 5. The third kappa shape index (κ3) is 3.73. The maximum Gasteiger partial charge on any atom is 0.260 e. The van der Waals surface area contributed by atoms with Gasteiger partial charge in [0, 0.05) is 44.5 Å². The first-order valence-electron chi connectivity index (χ1n) is 7.78. The first-order chi connectivity index (χ1) is 11.5. The number of ether oxygens (including phenoxy) is 1. The molecule has 2 aromatic rings. The van der Waals surface area contributed by atoms with E-state index >= 15 is 0 Å². The molecule has 126 valence electrons. The summed E-state index contributed by atoms with van der Waals surface area (Å²) in [6.07, 6.45) is 4.78. The maximum atomic E-state index is 12.2. The standard InChI is InChI=1S/C17H20N4O3/c1-20(9-12-8-18-21(2)10-12)17(23)11-24-14-4-5-15-13(7-14)3-6-16(22)19-15/h4-5,7-8,10H,3,6,9,11H2,1-2H3,(H,19,22). The van der Waals surface area contributed by atoms with Gasteiger partial charge in [0.15, 0.2) is 6.61 Å². The zero-order valence-corrected chi connectivity index (χ0v) is 13.8. The predicted octanol–water partition coefficient (Wildman–Crippen LogP) is 1.34. The monoisotopic (exact) mass is 328 g/mol. The van der Waals surface area contributed by atoms with Crippen LogP contribution in [0, 0.1) is 0 Å². The van der Waals surface area contributed by atoms with E-state index in [1.165, 1.54) is 0 Å². The molecule has 0 unspecified atom stereocenters. The lowest BCUT2D eigenvalue weighted by Gasteiger charge is -2.19. The first kappa shape index (κ1) is 16.0. The molecule has 0 fully saturated rings. The Balaban J connectivity index is 1.55. The highest BCUT2D eigenvalue weighted by molar-refractivity contribution is 5.94. The van der Waals surface area contributed by atoms with Crippen LogP contribution in [0.3, 0.4) is 0 Å². The Morgan fingerprint density at radius 1 is 1.42 bits per heavy atom. The van der Waals surface area contributed by atoms with Gasteiger partial charge in [0.05, 0.1) is 6.20 Å². The van der Waals surface area contributed by atoms with Crippen molar-refractivity contribution in [2.75, 3.05) is 19.0 Å². The molecule has 1 aliphatic rings. The minimum Gasteiger partial charge on any atom is -0.484 e. The van der Waals surface area contributed by atoms with Gasteiger partial charge < -0.3 is 15.0 Å². The van der Waals surface area contributed by atoms with Crippen LogP contribution in [0.4, 0.5) is 5.69 Å². The van der Waals surface area contributed by atoms with E-state index in [9.17, 15) is 9.59 Å². The number of carbonyl (C=O) groups excluding carboxylic acids is 2. The molecule has 2 heterocycles. The van der Waals surface area contributed by atoms with E-state index in [0.717, 1.165) is 16.8 Å². The first-order valence-corrected chi connectivity index (χ1v) is 7.78. The number of nitrogens with zero attached hydrogens (tertiary/aromatic N) is 3. The average Bonchev–Trinajstić information content (AvgIpc) is 2.97. The summed E-state index contributed by atoms with van der Waals surface area (Å²) in [6.45, 7) is 0.466. The predicted molar refractivity (Wildman–Crippen MR) is 88.6 cm³/mol. The Hall–Kier alpha value is -2.83. The van der Waals surface area contributed by atoms with E-state index in [1.54, 1.807) is 28.9 Å². The summed E-state index contributed by atoms with van der Waals surface area (Å²) in [4.78, 5) is 25.1. The highest BCUT2D eigenvalue weighted by Gasteiger charge is 2.16. The van der Waals surface area contributed by atoms with Gasteiger partial charge in [0.1, 0.15) is 5.75 Å². The molecule has 0 spiro atoms. The molecular weight excluding hydrogens is 308 g/mol. The van der Waals surface area contributed by atoms with Crippen LogP contribution in [0.15, 0.2) is 30.6 Å². The summed E-state index contributed by atoms with van der Waals surface area (Å²) in [5.41, 5.74) is 2.82. The van der Waals surface area contributed by atoms with Crippen molar-refractivity contribution in [3.8, 4) is 5.75 Å². The Morgan fingerprint density at radius 2 is 2.25 bits per heavy atom. The van der Waals surface area contributed by atoms with Gasteiger partial charge in [-0.3, -0.25) is 14.3 Å². The lowest BCUT2D eigenvalue weighted by atomic mass is 10.0. The molecule has 0 aliphatic carbocycles. The Labute approximate surface area is 140 Å². The highest BCUT2D eigenvalue weighted by Crippen LogP contribution is 2.26. The van der Waals surface area contributed by atoms with Gasteiger partial charge in [-0.25, -0.2) is 0 Å². The molecule has 7 heteroatoms. The lowest BCUT2D eigenvalue weighted by Crippen LogP contribution is -2.30. The van der Waals surface area contributed by atoms with Crippen LogP contribution in [-0.4, -0.2) is 40.1 Å². The van der Waals surface area contributed by atoms with Gasteiger partial charge >= 0.3 is 0 Å². The summed E-state index contributed by atoms with van der Waals surface area (Å²) in [6, 6.07) is 5.45. The number of hydrogen-bond donors (Lipinski definition) is 1. The molecule has 3 rings (SSSR count). The van der Waals surface area contributed by atoms with Crippen molar-refractivity contribution in [3.63, 3.8) is 0 Å². The number of anilines is 1. The number of amides is 2. The fraction of sp³-hybridized carbons (Fsp3) is 0.353. The van der Waals surface area contributed by atoms with Crippen LogP contribution in [0.5, 0.6) is 5.75 Å². The summed E-state index contributed by atoms with van der Waals surface area (Å²) in [5, 5.41) is 6.91. The van der Waals surface area contributed by atoms with Gasteiger partial charge in [-0.15, -0.1) is 0 Å². The average molecular weight is 328 g/mol. The van der Waals surface area contributed by atoms with E-state index in [0.29, 0.717) is 25.1 Å². The van der Waals surface area contributed by atoms with Crippen molar-refractivity contribution in [3.05, 3.63) is 41.7 Å². The molecule has 0 saturated heterocycles. The van der Waals surface area contributed by atoms with Crippen molar-refractivity contribution in [2.45, 2.75) is 19.4 Å². The minimum atomic E-state index is -0.107. The Kier molecular flexibility index (Phi) is 4.50. The van der Waals surface area contributed by atoms with Crippen LogP contribution in [0.2, 0.25) is 0 Å². The van der Waals surface area contributed by atoms with E-state index < -0.39 is 0 Å². The van der Waals surface area contributed by atoms with Crippen molar-refractivity contribution in [1.29, 1.82) is 0 Å². The van der Waals surface area contributed by atoms with E-state index in [4.69, 9.17) is 4.74 Å². The minimum absolute atomic E-state index is 0.0259. The fourth-order valence-electron chi connectivity index (χ4n) is 2.62. The van der Waals surface area contributed by atoms with Crippen LogP contribution >= 0.6 is 0 Å². The van der Waals surface area contributed by atoms with Crippen LogP contribution in [0.25, 0.3) is 0 Å². The maximum absolute atomic E-state index is 12.2. The molecule has 7 nitrogen and oxygen atoms in total. The van der Waals surface area contributed by atoms with Gasteiger partial charge in [-0.1, -0.05) is 0 Å². The van der Waals surface area contributed by atoms with Crippen molar-refractivity contribution in [2.24, 2.45) is 7.05 Å². The molecule has 0 saturated carbocycles. The molecule has 1 aromatic carbocycles. The molecule has 2 amide bonds. The van der Waals surface area contributed by atoms with Crippen LogP contribution in [0.1, 0.15) is 17.5 Å². The zero-order chi connectivity index (χ0) is 17.1. The van der Waals surface area contributed by atoms with Gasteiger partial charge in [-0.05, 0) is 30.2 Å². The van der Waals surface area contributed by atoms with Crippen molar-refractivity contribution >= 4 is 17.5 Å². The second kappa shape index (κ2) is 6.74. The summed E-state index contributed by atoms with van der Waals surface area (Å²) in [5.74, 6) is 0.557. The van der Waals surface area contributed by atoms with Gasteiger partial charge in [-0.2, -0.15) is 5.10 Å². The number of carbonyl (C=O) groups is 2. The fourth-order valence-corrected chi connectivity index (χ4v) is 2.62. The second-order valence-corrected chi connectivity index (χ2v) is 5.93. The number of nitrogens with one attached hydrogen (secondary N) is 1. The van der Waals surface area contributed by atoms with Crippen LogP contribution in [-0.2, 0) is 29.6 Å². The molecule has 1 N–H and O–H groups in total. The molecule has 0 atom stereocenters. The third-order valence-electron chi connectivity index (χ3n) is 3.94. The number of hydrogen-bond acceptors (Lipinski definition) is 4. The topological polar surface area (TPSA) is 76.5 Å². The molecule has 24 heavy (non-hydrogen) atoms. The van der Waals surface area contributed by atoms with Gasteiger partial charge in [0.25, 0.3) is 5.91 Å². The zero-order valence-electron chi connectivity index (χ0n) is 13.8. The largest absolute Gasteiger partial charge is 0.484 e. The number of fused-ring (bicyclic) bond motifs is 1. The molecule has 1 aliphatic heterocycles. The number of aromatic nitrogens is 2. The van der Waals surface area contributed by atoms with E-state index in [1.807, 2.05) is 25.4 Å². The Bertz CT molecular complexity index is 769. The summed E-state index contributed by atoms with van der Waals surface area (Å²) < 4.78 is 7.30. The SMILES string of the molecule is CN(Cc1cnn(C)c1)C(=O)COc1ccc2c(c1)CCC(=O)N2. The lowest BCUT2D eigenvalue weighted by molar-refractivity contribution is -0.132. The smallest absolute Gasteiger partial charge is 0.260 e. The summed E-state index contributed by atoms with van der Waals surface area (Å²) >= 11 is 0. The van der Waals surface area contributed by atoms with Gasteiger partial charge in [0.2, 0.25) is 5.91 Å². The summed E-state index contributed by atoms with van der Waals surface area (Å²) in [7, 11) is 3.58. The molecule has 1 aromatic heterocycles. The third-order valence-corrected chi connectivity index (χ3v) is 3.94. The molecule has 0 bridgehead atoms. The second-order valence-electron chi connectivity index (χ2n) is 5.93. The van der Waals surface area contributed by atoms with E-state index in [-0.39, 0.29) is 18.4 Å². The quantitative estimate of drug-likeness (QED) is 0.899.